The van der Waals surface area contributed by atoms with Crippen molar-refractivity contribution in [3.8, 4) is 0 Å². The van der Waals surface area contributed by atoms with E-state index in [0.717, 1.165) is 5.56 Å². The van der Waals surface area contributed by atoms with E-state index in [1.54, 1.807) is 0 Å². The van der Waals surface area contributed by atoms with Gasteiger partial charge in [-0.1, -0.05) is 30.3 Å². The first-order valence-electron chi connectivity index (χ1n) is 5.63. The van der Waals surface area contributed by atoms with Gasteiger partial charge in [0.15, 0.2) is 5.69 Å². The summed E-state index contributed by atoms with van der Waals surface area (Å²) in [7, 11) is 0. The molecule has 2 N–H and O–H groups in total. The SMILES string of the molecule is O=C(Cc1ccccc1)NCc1nc(C(=O)O)cs1. The van der Waals surface area contributed by atoms with Gasteiger partial charge in [0.05, 0.1) is 13.0 Å². The zero-order valence-corrected chi connectivity index (χ0v) is 10.8. The maximum Gasteiger partial charge on any atom is 0.355 e. The fourth-order valence-electron chi connectivity index (χ4n) is 1.51. The number of nitrogens with zero attached hydrogens (tertiary/aromatic N) is 1. The Morgan fingerprint density at radius 1 is 1.26 bits per heavy atom. The van der Waals surface area contributed by atoms with Crippen molar-refractivity contribution in [2.24, 2.45) is 0 Å². The predicted molar refractivity (Wildman–Crippen MR) is 71.1 cm³/mol. The van der Waals surface area contributed by atoms with Crippen LogP contribution in [-0.2, 0) is 17.8 Å². The third-order valence-corrected chi connectivity index (χ3v) is 3.26. The third-order valence-electron chi connectivity index (χ3n) is 2.42. The summed E-state index contributed by atoms with van der Waals surface area (Å²) >= 11 is 1.22. The summed E-state index contributed by atoms with van der Waals surface area (Å²) in [5.74, 6) is -1.17. The number of thiazole rings is 1. The van der Waals surface area contributed by atoms with Gasteiger partial charge in [0.2, 0.25) is 5.91 Å². The molecule has 0 saturated carbocycles. The quantitative estimate of drug-likeness (QED) is 0.871. The molecular formula is C13H12N2O3S. The summed E-state index contributed by atoms with van der Waals surface area (Å²) in [6.45, 7) is 0.254. The highest BCUT2D eigenvalue weighted by Gasteiger charge is 2.09. The lowest BCUT2D eigenvalue weighted by molar-refractivity contribution is -0.120. The van der Waals surface area contributed by atoms with Gasteiger partial charge in [0.25, 0.3) is 0 Å². The lowest BCUT2D eigenvalue weighted by Crippen LogP contribution is -2.24. The van der Waals surface area contributed by atoms with Gasteiger partial charge in [-0.05, 0) is 5.56 Å². The Balaban J connectivity index is 1.84. The Morgan fingerprint density at radius 2 is 2.00 bits per heavy atom. The molecule has 1 heterocycles. The monoisotopic (exact) mass is 276 g/mol. The Bertz CT molecular complexity index is 581. The number of carbonyl (C=O) groups is 2. The molecule has 0 aliphatic rings. The minimum atomic E-state index is -1.06. The Labute approximate surface area is 113 Å². The van der Waals surface area contributed by atoms with Crippen LogP contribution < -0.4 is 5.32 Å². The van der Waals surface area contributed by atoms with Crippen molar-refractivity contribution < 1.29 is 14.7 Å². The second-order valence-corrected chi connectivity index (χ2v) is 4.81. The second kappa shape index (κ2) is 6.10. The molecule has 0 bridgehead atoms. The van der Waals surface area contributed by atoms with E-state index in [-0.39, 0.29) is 18.1 Å². The van der Waals surface area contributed by atoms with Gasteiger partial charge in [0, 0.05) is 5.38 Å². The molecule has 0 atom stereocenters. The summed E-state index contributed by atoms with van der Waals surface area (Å²) in [4.78, 5) is 26.2. The fourth-order valence-corrected chi connectivity index (χ4v) is 2.22. The number of amides is 1. The molecule has 0 radical (unpaired) electrons. The van der Waals surface area contributed by atoms with Crippen molar-refractivity contribution in [1.82, 2.24) is 10.3 Å². The Kier molecular flexibility index (Phi) is 4.25. The highest BCUT2D eigenvalue weighted by molar-refractivity contribution is 7.09. The molecule has 19 heavy (non-hydrogen) atoms. The van der Waals surface area contributed by atoms with E-state index in [1.165, 1.54) is 16.7 Å². The lowest BCUT2D eigenvalue weighted by Gasteiger charge is -2.02. The predicted octanol–water partition coefficient (Wildman–Crippen LogP) is 1.70. The van der Waals surface area contributed by atoms with Crippen LogP contribution in [0.4, 0.5) is 0 Å². The summed E-state index contributed by atoms with van der Waals surface area (Å²) in [6.07, 6.45) is 0.304. The van der Waals surface area contributed by atoms with Crippen molar-refractivity contribution in [3.05, 3.63) is 52.0 Å². The molecule has 1 aromatic carbocycles. The van der Waals surface area contributed by atoms with Crippen LogP contribution in [0.1, 0.15) is 21.1 Å². The van der Waals surface area contributed by atoms with E-state index in [4.69, 9.17) is 5.11 Å². The standard InChI is InChI=1S/C13H12N2O3S/c16-11(6-9-4-2-1-3-5-9)14-7-12-15-10(8-19-12)13(17)18/h1-5,8H,6-7H2,(H,14,16)(H,17,18). The molecule has 98 valence electrons. The first kappa shape index (κ1) is 13.2. The highest BCUT2D eigenvalue weighted by Crippen LogP contribution is 2.09. The van der Waals surface area contributed by atoms with E-state index < -0.39 is 5.97 Å². The number of carbonyl (C=O) groups excluding carboxylic acids is 1. The van der Waals surface area contributed by atoms with Crippen LogP contribution >= 0.6 is 11.3 Å². The maximum absolute atomic E-state index is 11.7. The molecule has 0 saturated heterocycles. The number of aromatic carboxylic acids is 1. The normalized spacial score (nSPS) is 10.1. The average molecular weight is 276 g/mol. The van der Waals surface area contributed by atoms with Crippen molar-refractivity contribution in [2.45, 2.75) is 13.0 Å². The zero-order chi connectivity index (χ0) is 13.7. The molecule has 6 heteroatoms. The molecule has 0 fully saturated rings. The minimum absolute atomic E-state index is 0.0114. The van der Waals surface area contributed by atoms with E-state index in [1.807, 2.05) is 30.3 Å². The van der Waals surface area contributed by atoms with Gasteiger partial charge in [-0.25, -0.2) is 9.78 Å². The number of rotatable bonds is 5. The number of nitrogens with one attached hydrogen (secondary N) is 1. The first-order chi connectivity index (χ1) is 9.15. The molecule has 0 unspecified atom stereocenters. The van der Waals surface area contributed by atoms with Crippen LogP contribution in [0.2, 0.25) is 0 Å². The van der Waals surface area contributed by atoms with E-state index >= 15 is 0 Å². The Morgan fingerprint density at radius 3 is 2.63 bits per heavy atom. The molecule has 5 nitrogen and oxygen atoms in total. The van der Waals surface area contributed by atoms with Gasteiger partial charge >= 0.3 is 5.97 Å². The highest BCUT2D eigenvalue weighted by atomic mass is 32.1. The molecule has 2 rings (SSSR count). The van der Waals surface area contributed by atoms with E-state index in [9.17, 15) is 9.59 Å². The van der Waals surface area contributed by atoms with Gasteiger partial charge in [-0.2, -0.15) is 0 Å². The van der Waals surface area contributed by atoms with Crippen molar-refractivity contribution in [2.75, 3.05) is 0 Å². The molecular weight excluding hydrogens is 264 g/mol. The topological polar surface area (TPSA) is 79.3 Å². The largest absolute Gasteiger partial charge is 0.476 e. The number of benzene rings is 1. The van der Waals surface area contributed by atoms with Gasteiger partial charge in [-0.3, -0.25) is 4.79 Å². The Hall–Kier alpha value is -2.21. The van der Waals surface area contributed by atoms with Crippen molar-refractivity contribution in [3.63, 3.8) is 0 Å². The van der Waals surface area contributed by atoms with Gasteiger partial charge < -0.3 is 10.4 Å². The third kappa shape index (κ3) is 3.89. The van der Waals surface area contributed by atoms with Crippen molar-refractivity contribution in [1.29, 1.82) is 0 Å². The van der Waals surface area contributed by atoms with Crippen LogP contribution in [0.3, 0.4) is 0 Å². The molecule has 2 aromatic rings. The van der Waals surface area contributed by atoms with Crippen LogP contribution in [0.25, 0.3) is 0 Å². The maximum atomic E-state index is 11.7. The van der Waals surface area contributed by atoms with Crippen molar-refractivity contribution >= 4 is 23.2 Å². The van der Waals surface area contributed by atoms with E-state index in [2.05, 4.69) is 10.3 Å². The number of aromatic nitrogens is 1. The number of hydrogen-bond donors (Lipinski definition) is 2. The summed E-state index contributed by atoms with van der Waals surface area (Å²) in [5, 5.41) is 13.5. The van der Waals surface area contributed by atoms with Gasteiger partial charge in [-0.15, -0.1) is 11.3 Å². The molecule has 0 spiro atoms. The van der Waals surface area contributed by atoms with Crippen LogP contribution in [0.5, 0.6) is 0 Å². The minimum Gasteiger partial charge on any atom is -0.476 e. The molecule has 1 amide bonds. The molecule has 0 aliphatic carbocycles. The zero-order valence-electron chi connectivity index (χ0n) is 10.00. The molecule has 0 aliphatic heterocycles. The first-order valence-corrected chi connectivity index (χ1v) is 6.51. The van der Waals surface area contributed by atoms with Crippen LogP contribution in [0.15, 0.2) is 35.7 Å². The van der Waals surface area contributed by atoms with E-state index in [0.29, 0.717) is 11.4 Å². The molecule has 1 aromatic heterocycles. The fraction of sp³-hybridized carbons (Fsp3) is 0.154. The van der Waals surface area contributed by atoms with Gasteiger partial charge in [0.1, 0.15) is 5.01 Å². The number of carboxylic acid groups (broad SMARTS) is 1. The second-order valence-electron chi connectivity index (χ2n) is 3.87. The summed E-state index contributed by atoms with van der Waals surface area (Å²) < 4.78 is 0. The lowest BCUT2D eigenvalue weighted by atomic mass is 10.1. The number of hydrogen-bond acceptors (Lipinski definition) is 4. The number of carboxylic acids is 1. The smallest absolute Gasteiger partial charge is 0.355 e. The summed E-state index contributed by atoms with van der Waals surface area (Å²) in [5.41, 5.74) is 0.947. The average Bonchev–Trinajstić information content (AvgIpc) is 2.86. The van der Waals surface area contributed by atoms with Crippen LogP contribution in [-0.4, -0.2) is 22.0 Å². The van der Waals surface area contributed by atoms with Crippen LogP contribution in [0, 0.1) is 0 Å². The summed E-state index contributed by atoms with van der Waals surface area (Å²) in [6, 6.07) is 9.41.